The van der Waals surface area contributed by atoms with E-state index in [4.69, 9.17) is 9.15 Å². The van der Waals surface area contributed by atoms with Gasteiger partial charge in [0.1, 0.15) is 22.9 Å². The van der Waals surface area contributed by atoms with Crippen molar-refractivity contribution in [2.75, 3.05) is 0 Å². The zero-order valence-corrected chi connectivity index (χ0v) is 18.0. The van der Waals surface area contributed by atoms with Gasteiger partial charge in [-0.3, -0.25) is 10.1 Å². The van der Waals surface area contributed by atoms with Gasteiger partial charge in [-0.1, -0.05) is 30.3 Å². The Bertz CT molecular complexity index is 1510. The summed E-state index contributed by atoms with van der Waals surface area (Å²) in [7, 11) is 0. The Balaban J connectivity index is 1.37. The quantitative estimate of drug-likeness (QED) is 0.175. The fourth-order valence-electron chi connectivity index (χ4n) is 3.35. The molecule has 2 aromatic heterocycles. The van der Waals surface area contributed by atoms with Crippen molar-refractivity contribution in [2.24, 2.45) is 0 Å². The summed E-state index contributed by atoms with van der Waals surface area (Å²) in [4.78, 5) is 27.6. The summed E-state index contributed by atoms with van der Waals surface area (Å²) in [5.41, 5.74) is 2.96. The van der Waals surface area contributed by atoms with E-state index in [0.717, 1.165) is 22.2 Å². The van der Waals surface area contributed by atoms with E-state index < -0.39 is 10.5 Å². The molecule has 0 fully saturated rings. The van der Waals surface area contributed by atoms with Crippen molar-refractivity contribution in [1.82, 2.24) is 4.98 Å². The summed E-state index contributed by atoms with van der Waals surface area (Å²) in [6.07, 6.45) is 0. The molecule has 0 saturated heterocycles. The van der Waals surface area contributed by atoms with E-state index >= 15 is 0 Å². The maximum Gasteiger partial charge on any atom is 0.346 e. The van der Waals surface area contributed by atoms with Crippen LogP contribution in [0.2, 0.25) is 0 Å². The minimum Gasteiger partial charge on any atom is -0.489 e. The van der Waals surface area contributed by atoms with Crippen molar-refractivity contribution in [1.29, 1.82) is 0 Å². The highest BCUT2D eigenvalue weighted by molar-refractivity contribution is 7.13. The lowest BCUT2D eigenvalue weighted by Crippen LogP contribution is -2.03. The van der Waals surface area contributed by atoms with Crippen LogP contribution in [0.1, 0.15) is 5.56 Å². The summed E-state index contributed by atoms with van der Waals surface area (Å²) in [5.74, 6) is 0.525. The highest BCUT2D eigenvalue weighted by Gasteiger charge is 2.13. The lowest BCUT2D eigenvalue weighted by Gasteiger charge is -2.07. The first kappa shape index (κ1) is 20.6. The fraction of sp³-hybridized carbons (Fsp3) is 0.0400. The monoisotopic (exact) mass is 456 g/mol. The molecule has 5 rings (SSSR count). The van der Waals surface area contributed by atoms with Crippen LogP contribution in [0.4, 0.5) is 5.69 Å². The Kier molecular flexibility index (Phi) is 5.42. The molecule has 0 aliphatic rings. The number of hydrogen-bond donors (Lipinski definition) is 0. The van der Waals surface area contributed by atoms with Gasteiger partial charge in [0.05, 0.1) is 16.2 Å². The Morgan fingerprint density at radius 2 is 1.79 bits per heavy atom. The molecule has 0 N–H and O–H groups in total. The molecule has 5 aromatic rings. The number of non-ortho nitro benzene ring substituents is 1. The number of thiazole rings is 1. The van der Waals surface area contributed by atoms with Gasteiger partial charge >= 0.3 is 5.63 Å². The molecule has 0 saturated carbocycles. The molecule has 162 valence electrons. The van der Waals surface area contributed by atoms with Crippen LogP contribution in [-0.4, -0.2) is 9.91 Å². The maximum atomic E-state index is 12.7. The number of nitro benzene ring substituents is 1. The molecule has 0 aliphatic heterocycles. The third-order valence-electron chi connectivity index (χ3n) is 5.06. The molecule has 7 nitrogen and oxygen atoms in total. The normalized spacial score (nSPS) is 10.9. The zero-order chi connectivity index (χ0) is 22.8. The SMILES string of the molecule is O=c1oc2cc(OCc3ccc([N+](=O)[O-])cc3)ccc2cc1-c1nc(-c2ccccc2)cs1. The standard InChI is InChI=1S/C25H16N2O5S/c28-25-21(24-26-22(15-33-24)17-4-2-1-3-5-17)12-18-8-11-20(13-23(18)32-25)31-14-16-6-9-19(10-7-16)27(29)30/h1-13,15H,14H2. The van der Waals surface area contributed by atoms with Crippen LogP contribution < -0.4 is 10.4 Å². The summed E-state index contributed by atoms with van der Waals surface area (Å²) in [5, 5.41) is 14.0. The van der Waals surface area contributed by atoms with Crippen molar-refractivity contribution in [3.05, 3.63) is 110 Å². The van der Waals surface area contributed by atoms with Gasteiger partial charge in [-0.25, -0.2) is 9.78 Å². The number of benzene rings is 3. The molecular weight excluding hydrogens is 440 g/mol. The predicted octanol–water partition coefficient (Wildman–Crippen LogP) is 6.07. The molecule has 0 unspecified atom stereocenters. The van der Waals surface area contributed by atoms with Gasteiger partial charge < -0.3 is 9.15 Å². The first-order chi connectivity index (χ1) is 16.1. The molecule has 0 bridgehead atoms. The predicted molar refractivity (Wildman–Crippen MR) is 126 cm³/mol. The van der Waals surface area contributed by atoms with Gasteiger partial charge in [0.15, 0.2) is 0 Å². The first-order valence-electron chi connectivity index (χ1n) is 10.0. The fourth-order valence-corrected chi connectivity index (χ4v) is 4.18. The second-order valence-corrected chi connectivity index (χ2v) is 8.12. The second kappa shape index (κ2) is 8.68. The zero-order valence-electron chi connectivity index (χ0n) is 17.1. The summed E-state index contributed by atoms with van der Waals surface area (Å²) >= 11 is 1.39. The molecule has 0 aliphatic carbocycles. The number of rotatable bonds is 6. The van der Waals surface area contributed by atoms with Gasteiger partial charge in [0, 0.05) is 34.5 Å². The molecule has 0 amide bonds. The van der Waals surface area contributed by atoms with Crippen LogP contribution in [0, 0.1) is 10.1 Å². The molecule has 33 heavy (non-hydrogen) atoms. The maximum absolute atomic E-state index is 12.7. The van der Waals surface area contributed by atoms with Crippen molar-refractivity contribution in [2.45, 2.75) is 6.61 Å². The lowest BCUT2D eigenvalue weighted by molar-refractivity contribution is -0.384. The van der Waals surface area contributed by atoms with Gasteiger partial charge in [-0.15, -0.1) is 11.3 Å². The van der Waals surface area contributed by atoms with Crippen LogP contribution >= 0.6 is 11.3 Å². The molecule has 0 radical (unpaired) electrons. The molecule has 2 heterocycles. The number of nitro groups is 1. The van der Waals surface area contributed by atoms with Crippen LogP contribution in [0.3, 0.4) is 0 Å². The first-order valence-corrected chi connectivity index (χ1v) is 10.9. The van der Waals surface area contributed by atoms with Crippen LogP contribution in [-0.2, 0) is 6.61 Å². The summed E-state index contributed by atoms with van der Waals surface area (Å²) in [6.45, 7) is 0.229. The largest absolute Gasteiger partial charge is 0.489 e. The summed E-state index contributed by atoms with van der Waals surface area (Å²) in [6, 6.07) is 23.0. The highest BCUT2D eigenvalue weighted by Crippen LogP contribution is 2.30. The number of aromatic nitrogens is 1. The Morgan fingerprint density at radius 3 is 2.55 bits per heavy atom. The van der Waals surface area contributed by atoms with Crippen molar-refractivity contribution in [3.63, 3.8) is 0 Å². The van der Waals surface area contributed by atoms with Crippen molar-refractivity contribution < 1.29 is 14.1 Å². The van der Waals surface area contributed by atoms with Crippen LogP contribution in [0.25, 0.3) is 32.8 Å². The van der Waals surface area contributed by atoms with Gasteiger partial charge in [-0.05, 0) is 35.9 Å². The molecule has 3 aromatic carbocycles. The minimum atomic E-state index is -0.469. The average molecular weight is 456 g/mol. The third kappa shape index (κ3) is 4.37. The smallest absolute Gasteiger partial charge is 0.346 e. The number of hydrogen-bond acceptors (Lipinski definition) is 7. The van der Waals surface area contributed by atoms with E-state index in [-0.39, 0.29) is 12.3 Å². The average Bonchev–Trinajstić information content (AvgIpc) is 3.33. The van der Waals surface area contributed by atoms with Crippen molar-refractivity contribution in [3.8, 4) is 27.6 Å². The molecule has 0 atom stereocenters. The van der Waals surface area contributed by atoms with E-state index in [9.17, 15) is 14.9 Å². The lowest BCUT2D eigenvalue weighted by atomic mass is 10.1. The third-order valence-corrected chi connectivity index (χ3v) is 5.94. The van der Waals surface area contributed by atoms with Gasteiger partial charge in [0.25, 0.3) is 5.69 Å². The Labute approximate surface area is 191 Å². The number of ether oxygens (including phenoxy) is 1. The molecular formula is C25H16N2O5S. The van der Waals surface area contributed by atoms with E-state index in [0.29, 0.717) is 21.9 Å². The number of nitrogens with zero attached hydrogens (tertiary/aromatic N) is 2. The Morgan fingerprint density at radius 1 is 1.00 bits per heavy atom. The summed E-state index contributed by atoms with van der Waals surface area (Å²) < 4.78 is 11.3. The van der Waals surface area contributed by atoms with Crippen LogP contribution in [0.15, 0.2) is 93.5 Å². The van der Waals surface area contributed by atoms with Crippen molar-refractivity contribution >= 4 is 28.0 Å². The molecule has 8 heteroatoms. The number of fused-ring (bicyclic) bond motifs is 1. The van der Waals surface area contributed by atoms with E-state index in [1.54, 1.807) is 30.3 Å². The second-order valence-electron chi connectivity index (χ2n) is 7.26. The van der Waals surface area contributed by atoms with Gasteiger partial charge in [0.2, 0.25) is 0 Å². The highest BCUT2D eigenvalue weighted by atomic mass is 32.1. The molecule has 0 spiro atoms. The Hall–Kier alpha value is -4.30. The topological polar surface area (TPSA) is 95.5 Å². The minimum absolute atomic E-state index is 0.0261. The van der Waals surface area contributed by atoms with Gasteiger partial charge in [-0.2, -0.15) is 0 Å². The van der Waals surface area contributed by atoms with Crippen LogP contribution in [0.5, 0.6) is 5.75 Å². The van der Waals surface area contributed by atoms with E-state index in [1.807, 2.05) is 41.8 Å². The van der Waals surface area contributed by atoms with E-state index in [1.165, 1.54) is 23.5 Å². The van der Waals surface area contributed by atoms with E-state index in [2.05, 4.69) is 4.98 Å².